The summed E-state index contributed by atoms with van der Waals surface area (Å²) in [5.41, 5.74) is 6.33. The zero-order chi connectivity index (χ0) is 19.6. The third-order valence-electron chi connectivity index (χ3n) is 4.12. The van der Waals surface area contributed by atoms with E-state index in [0.717, 1.165) is 0 Å². The second-order valence-electron chi connectivity index (χ2n) is 5.97. The maximum absolute atomic E-state index is 13.8. The maximum atomic E-state index is 13.8. The minimum absolute atomic E-state index is 0.0775. The average Bonchev–Trinajstić information content (AvgIpc) is 2.64. The van der Waals surface area contributed by atoms with E-state index in [0.29, 0.717) is 23.4 Å². The highest BCUT2D eigenvalue weighted by Crippen LogP contribution is 2.32. The molecule has 1 aliphatic heterocycles. The quantitative estimate of drug-likeness (QED) is 0.752. The minimum Gasteiger partial charge on any atom is -0.370 e. The van der Waals surface area contributed by atoms with Gasteiger partial charge in [0, 0.05) is 28.4 Å². The number of hydrogen-bond acceptors (Lipinski definition) is 3. The summed E-state index contributed by atoms with van der Waals surface area (Å²) >= 11 is 11.9. The molecule has 2 aromatic carbocycles. The molecule has 0 saturated carbocycles. The van der Waals surface area contributed by atoms with Gasteiger partial charge in [0.1, 0.15) is 11.9 Å². The van der Waals surface area contributed by atoms with Crippen molar-refractivity contribution in [2.45, 2.75) is 6.10 Å². The van der Waals surface area contributed by atoms with E-state index in [4.69, 9.17) is 33.7 Å². The Morgan fingerprint density at radius 2 is 2.00 bits per heavy atom. The highest BCUT2D eigenvalue weighted by molar-refractivity contribution is 6.35. The van der Waals surface area contributed by atoms with Gasteiger partial charge in [-0.2, -0.15) is 0 Å². The summed E-state index contributed by atoms with van der Waals surface area (Å²) in [6.45, 7) is 0.847. The molecule has 1 unspecified atom stereocenters. The first-order valence-electron chi connectivity index (χ1n) is 8.07. The van der Waals surface area contributed by atoms with Crippen molar-refractivity contribution in [1.29, 1.82) is 0 Å². The number of ether oxygens (including phenoxy) is 1. The predicted molar refractivity (Wildman–Crippen MR) is 101 cm³/mol. The number of nitrogens with one attached hydrogen (secondary N) is 1. The van der Waals surface area contributed by atoms with Gasteiger partial charge in [-0.15, -0.1) is 0 Å². The standard InChI is InChI=1S/C18H16Cl2FN3O3/c19-13-8-14(20)15(21)7-12(13)16-9-24(4-5-27-16)17(25)10-2-1-3-11(6-10)23-18(22)26/h1-3,6-8,16H,4-5,9H2,(H3,22,23,26). The first-order chi connectivity index (χ1) is 12.8. The molecule has 6 nitrogen and oxygen atoms in total. The molecule has 2 aromatic rings. The molecule has 27 heavy (non-hydrogen) atoms. The Morgan fingerprint density at radius 1 is 1.22 bits per heavy atom. The van der Waals surface area contributed by atoms with Crippen LogP contribution >= 0.6 is 23.2 Å². The van der Waals surface area contributed by atoms with Gasteiger partial charge in [-0.3, -0.25) is 4.79 Å². The van der Waals surface area contributed by atoms with E-state index in [2.05, 4.69) is 5.32 Å². The van der Waals surface area contributed by atoms with Gasteiger partial charge in [-0.1, -0.05) is 29.3 Å². The van der Waals surface area contributed by atoms with E-state index in [1.807, 2.05) is 0 Å². The smallest absolute Gasteiger partial charge is 0.316 e. The summed E-state index contributed by atoms with van der Waals surface area (Å²) in [6.07, 6.45) is -0.575. The highest BCUT2D eigenvalue weighted by atomic mass is 35.5. The molecule has 0 spiro atoms. The SMILES string of the molecule is NC(=O)Nc1cccc(C(=O)N2CCOC(c3cc(F)c(Cl)cc3Cl)C2)c1. The lowest BCUT2D eigenvalue weighted by Crippen LogP contribution is -2.42. The summed E-state index contributed by atoms with van der Waals surface area (Å²) in [4.78, 5) is 25.4. The van der Waals surface area contributed by atoms with E-state index in [1.54, 1.807) is 23.1 Å². The van der Waals surface area contributed by atoms with E-state index >= 15 is 0 Å². The molecule has 0 aliphatic carbocycles. The summed E-state index contributed by atoms with van der Waals surface area (Å²) < 4.78 is 19.5. The van der Waals surface area contributed by atoms with Crippen LogP contribution in [0.1, 0.15) is 22.0 Å². The Kier molecular flexibility index (Phi) is 5.84. The molecule has 0 bridgehead atoms. The van der Waals surface area contributed by atoms with Crippen LogP contribution in [0.5, 0.6) is 0 Å². The van der Waals surface area contributed by atoms with Gasteiger partial charge in [-0.05, 0) is 30.3 Å². The molecule has 142 valence electrons. The molecule has 1 saturated heterocycles. The van der Waals surface area contributed by atoms with Crippen LogP contribution in [0.25, 0.3) is 0 Å². The van der Waals surface area contributed by atoms with Gasteiger partial charge in [0.25, 0.3) is 5.91 Å². The largest absolute Gasteiger partial charge is 0.370 e. The number of nitrogens with two attached hydrogens (primary N) is 1. The number of urea groups is 1. The third kappa shape index (κ3) is 4.50. The van der Waals surface area contributed by atoms with Crippen molar-refractivity contribution in [3.05, 3.63) is 63.4 Å². The number of amides is 3. The van der Waals surface area contributed by atoms with Gasteiger partial charge in [0.15, 0.2) is 0 Å². The molecular formula is C18H16Cl2FN3O3. The third-order valence-corrected chi connectivity index (χ3v) is 4.73. The molecule has 1 atom stereocenters. The lowest BCUT2D eigenvalue weighted by atomic mass is 10.1. The van der Waals surface area contributed by atoms with Crippen molar-refractivity contribution < 1.29 is 18.7 Å². The number of morpholine rings is 1. The molecule has 3 amide bonds. The highest BCUT2D eigenvalue weighted by Gasteiger charge is 2.28. The van der Waals surface area contributed by atoms with Crippen LogP contribution in [0.2, 0.25) is 10.0 Å². The number of rotatable bonds is 3. The number of benzene rings is 2. The van der Waals surface area contributed by atoms with Crippen LogP contribution in [0.4, 0.5) is 14.9 Å². The Hall–Kier alpha value is -2.35. The zero-order valence-electron chi connectivity index (χ0n) is 14.0. The fourth-order valence-electron chi connectivity index (χ4n) is 2.86. The Morgan fingerprint density at radius 3 is 2.74 bits per heavy atom. The number of primary amides is 1. The van der Waals surface area contributed by atoms with Gasteiger partial charge < -0.3 is 20.7 Å². The van der Waals surface area contributed by atoms with E-state index in [-0.39, 0.29) is 29.1 Å². The van der Waals surface area contributed by atoms with Crippen LogP contribution < -0.4 is 11.1 Å². The first-order valence-corrected chi connectivity index (χ1v) is 8.82. The van der Waals surface area contributed by atoms with Gasteiger partial charge in [0.2, 0.25) is 0 Å². The second-order valence-corrected chi connectivity index (χ2v) is 6.78. The van der Waals surface area contributed by atoms with Crippen molar-refractivity contribution in [3.63, 3.8) is 0 Å². The average molecular weight is 412 g/mol. The Bertz CT molecular complexity index is 894. The van der Waals surface area contributed by atoms with Crippen molar-refractivity contribution >= 4 is 40.8 Å². The lowest BCUT2D eigenvalue weighted by Gasteiger charge is -2.33. The van der Waals surface area contributed by atoms with Crippen LogP contribution in [-0.4, -0.2) is 36.5 Å². The minimum atomic E-state index is -0.717. The number of hydrogen-bond donors (Lipinski definition) is 2. The van der Waals surface area contributed by atoms with E-state index in [9.17, 15) is 14.0 Å². The Balaban J connectivity index is 1.79. The summed E-state index contributed by atoms with van der Waals surface area (Å²) in [5, 5.41) is 2.62. The molecular weight excluding hydrogens is 396 g/mol. The normalized spacial score (nSPS) is 16.9. The molecule has 1 aliphatic rings. The maximum Gasteiger partial charge on any atom is 0.316 e. The van der Waals surface area contributed by atoms with E-state index in [1.165, 1.54) is 18.2 Å². The van der Waals surface area contributed by atoms with Crippen molar-refractivity contribution in [1.82, 2.24) is 4.90 Å². The number of carbonyl (C=O) groups is 2. The van der Waals surface area contributed by atoms with Crippen molar-refractivity contribution in [2.24, 2.45) is 5.73 Å². The molecule has 3 rings (SSSR count). The molecule has 1 heterocycles. The second kappa shape index (κ2) is 8.12. The molecule has 9 heteroatoms. The van der Waals surface area contributed by atoms with Crippen molar-refractivity contribution in [3.8, 4) is 0 Å². The summed E-state index contributed by atoms with van der Waals surface area (Å²) in [7, 11) is 0. The van der Waals surface area contributed by atoms with Gasteiger partial charge in [0.05, 0.1) is 18.2 Å². The molecule has 1 fully saturated rings. The van der Waals surface area contributed by atoms with Crippen LogP contribution in [0.15, 0.2) is 36.4 Å². The molecule has 0 aromatic heterocycles. The number of carbonyl (C=O) groups excluding carboxylic acids is 2. The fourth-order valence-corrected chi connectivity index (χ4v) is 3.37. The topological polar surface area (TPSA) is 84.7 Å². The van der Waals surface area contributed by atoms with Gasteiger partial charge in [-0.25, -0.2) is 9.18 Å². The van der Waals surface area contributed by atoms with Crippen molar-refractivity contribution in [2.75, 3.05) is 25.0 Å². The lowest BCUT2D eigenvalue weighted by molar-refractivity contribution is -0.0228. The number of anilines is 1. The predicted octanol–water partition coefficient (Wildman–Crippen LogP) is 3.84. The van der Waals surface area contributed by atoms with Crippen LogP contribution in [0.3, 0.4) is 0 Å². The number of nitrogens with zero attached hydrogens (tertiary/aromatic N) is 1. The Labute approximate surface area is 165 Å². The zero-order valence-corrected chi connectivity index (χ0v) is 15.6. The number of halogens is 3. The van der Waals surface area contributed by atoms with Crippen LogP contribution in [0, 0.1) is 5.82 Å². The molecule has 3 N–H and O–H groups in total. The monoisotopic (exact) mass is 411 g/mol. The summed E-state index contributed by atoms with van der Waals surface area (Å²) in [5.74, 6) is -0.852. The summed E-state index contributed by atoms with van der Waals surface area (Å²) in [6, 6.07) is 8.25. The van der Waals surface area contributed by atoms with E-state index < -0.39 is 18.0 Å². The first kappa shape index (κ1) is 19.4. The molecule has 0 radical (unpaired) electrons. The van der Waals surface area contributed by atoms with Gasteiger partial charge >= 0.3 is 6.03 Å². The fraction of sp³-hybridized carbons (Fsp3) is 0.222. The van der Waals surface area contributed by atoms with Crippen LogP contribution in [-0.2, 0) is 4.74 Å².